The third-order valence-electron chi connectivity index (χ3n) is 3.13. The third kappa shape index (κ3) is 4.10. The Labute approximate surface area is 93.5 Å². The summed E-state index contributed by atoms with van der Waals surface area (Å²) < 4.78 is 0. The quantitative estimate of drug-likeness (QED) is 0.543. The maximum Gasteiger partial charge on any atom is 0.189 e. The summed E-state index contributed by atoms with van der Waals surface area (Å²) in [6.07, 6.45) is 3.75. The number of aliphatic imine (C=N–C) groups is 1. The molecule has 3 atom stereocenters. The maximum atomic E-state index is 5.84. The first-order valence-electron chi connectivity index (χ1n) is 6.08. The van der Waals surface area contributed by atoms with Crippen LogP contribution < -0.4 is 11.1 Å². The lowest BCUT2D eigenvalue weighted by molar-refractivity contribution is 0.264. The van der Waals surface area contributed by atoms with Crippen LogP contribution in [0.2, 0.25) is 0 Å². The predicted octanol–water partition coefficient (Wildman–Crippen LogP) is 2.12. The second kappa shape index (κ2) is 5.38. The van der Waals surface area contributed by atoms with Crippen molar-refractivity contribution in [2.75, 3.05) is 0 Å². The van der Waals surface area contributed by atoms with Gasteiger partial charge in [0.1, 0.15) is 0 Å². The van der Waals surface area contributed by atoms with E-state index in [1.807, 2.05) is 0 Å². The largest absolute Gasteiger partial charge is 0.370 e. The molecule has 3 heteroatoms. The number of rotatable bonds is 2. The van der Waals surface area contributed by atoms with Gasteiger partial charge in [0.05, 0.1) is 6.04 Å². The Kier molecular flexibility index (Phi) is 4.43. The summed E-state index contributed by atoms with van der Waals surface area (Å²) >= 11 is 0. The van der Waals surface area contributed by atoms with Gasteiger partial charge in [0.2, 0.25) is 0 Å². The van der Waals surface area contributed by atoms with Crippen LogP contribution in [0.4, 0.5) is 0 Å². The van der Waals surface area contributed by atoms with Gasteiger partial charge in [-0.1, -0.05) is 13.8 Å². The van der Waals surface area contributed by atoms with E-state index in [2.05, 4.69) is 38.0 Å². The van der Waals surface area contributed by atoms with Gasteiger partial charge in [-0.05, 0) is 44.9 Å². The summed E-state index contributed by atoms with van der Waals surface area (Å²) in [5.74, 6) is 2.13. The molecule has 1 aliphatic carbocycles. The van der Waals surface area contributed by atoms with Crippen molar-refractivity contribution < 1.29 is 0 Å². The Morgan fingerprint density at radius 3 is 2.53 bits per heavy atom. The Morgan fingerprint density at radius 2 is 2.00 bits per heavy atom. The van der Waals surface area contributed by atoms with Crippen LogP contribution in [0.25, 0.3) is 0 Å². The molecule has 88 valence electrons. The highest BCUT2D eigenvalue weighted by Gasteiger charge is 2.24. The molecule has 1 rings (SSSR count). The van der Waals surface area contributed by atoms with Gasteiger partial charge in [-0.2, -0.15) is 0 Å². The first-order chi connectivity index (χ1) is 6.99. The van der Waals surface area contributed by atoms with Crippen LogP contribution in [-0.2, 0) is 0 Å². The highest BCUT2D eigenvalue weighted by molar-refractivity contribution is 5.78. The maximum absolute atomic E-state index is 5.84. The molecule has 0 aliphatic heterocycles. The van der Waals surface area contributed by atoms with E-state index in [1.54, 1.807) is 0 Å². The first kappa shape index (κ1) is 12.3. The van der Waals surface area contributed by atoms with Crippen molar-refractivity contribution >= 4 is 5.96 Å². The summed E-state index contributed by atoms with van der Waals surface area (Å²) in [7, 11) is 0. The average Bonchev–Trinajstić information content (AvgIpc) is 2.08. The van der Waals surface area contributed by atoms with Crippen molar-refractivity contribution in [2.24, 2.45) is 22.6 Å². The van der Waals surface area contributed by atoms with Gasteiger partial charge < -0.3 is 11.1 Å². The van der Waals surface area contributed by atoms with E-state index >= 15 is 0 Å². The summed E-state index contributed by atoms with van der Waals surface area (Å²) in [6.45, 7) is 8.77. The molecular formula is C12H25N3. The molecule has 1 saturated carbocycles. The number of guanidine groups is 1. The summed E-state index contributed by atoms with van der Waals surface area (Å²) in [5.41, 5.74) is 5.84. The smallest absolute Gasteiger partial charge is 0.189 e. The van der Waals surface area contributed by atoms with E-state index in [-0.39, 0.29) is 0 Å². The topological polar surface area (TPSA) is 50.4 Å². The minimum absolute atomic E-state index is 0.367. The van der Waals surface area contributed by atoms with E-state index in [1.165, 1.54) is 19.3 Å². The summed E-state index contributed by atoms with van der Waals surface area (Å²) in [5, 5.41) is 3.15. The Bertz CT molecular complexity index is 223. The monoisotopic (exact) mass is 211 g/mol. The fraction of sp³-hybridized carbons (Fsp3) is 0.917. The summed E-state index contributed by atoms with van der Waals surface area (Å²) in [6, 6.07) is 0.791. The molecule has 1 aliphatic rings. The van der Waals surface area contributed by atoms with E-state index in [0.29, 0.717) is 24.0 Å². The number of hydrogen-bond donors (Lipinski definition) is 2. The number of nitrogens with zero attached hydrogens (tertiary/aromatic N) is 1. The standard InChI is InChI=1S/C12H25N3/c1-8(2)14-12(13)15-11-6-5-9(3)7-10(11)4/h8-11H,5-7H2,1-4H3,(H3,13,14,15). The SMILES string of the molecule is CC1CCC(N=C(N)NC(C)C)C(C)C1. The average molecular weight is 211 g/mol. The molecule has 15 heavy (non-hydrogen) atoms. The number of hydrogen-bond acceptors (Lipinski definition) is 1. The van der Waals surface area contributed by atoms with Crippen LogP contribution in [0.5, 0.6) is 0 Å². The normalized spacial score (nSPS) is 33.1. The van der Waals surface area contributed by atoms with Crippen molar-refractivity contribution in [3.8, 4) is 0 Å². The van der Waals surface area contributed by atoms with Crippen LogP contribution in [0.3, 0.4) is 0 Å². The van der Waals surface area contributed by atoms with Crippen molar-refractivity contribution in [3.05, 3.63) is 0 Å². The van der Waals surface area contributed by atoms with Crippen LogP contribution in [0.1, 0.15) is 47.0 Å². The number of nitrogens with two attached hydrogens (primary N) is 1. The molecule has 0 spiro atoms. The molecule has 1 fully saturated rings. The Hall–Kier alpha value is -0.730. The second-order valence-electron chi connectivity index (χ2n) is 5.28. The van der Waals surface area contributed by atoms with Crippen molar-refractivity contribution in [1.29, 1.82) is 0 Å². The first-order valence-corrected chi connectivity index (χ1v) is 6.08. The minimum Gasteiger partial charge on any atom is -0.370 e. The molecule has 3 unspecified atom stereocenters. The third-order valence-corrected chi connectivity index (χ3v) is 3.13. The van der Waals surface area contributed by atoms with Gasteiger partial charge in [0.15, 0.2) is 5.96 Å². The van der Waals surface area contributed by atoms with Crippen LogP contribution in [0.15, 0.2) is 4.99 Å². The molecule has 0 aromatic carbocycles. The van der Waals surface area contributed by atoms with Gasteiger partial charge in [-0.3, -0.25) is 0 Å². The summed E-state index contributed by atoms with van der Waals surface area (Å²) in [4.78, 5) is 4.57. The number of nitrogens with one attached hydrogen (secondary N) is 1. The lowest BCUT2D eigenvalue weighted by Crippen LogP contribution is -2.39. The molecule has 0 bridgehead atoms. The zero-order chi connectivity index (χ0) is 11.4. The molecule has 0 amide bonds. The minimum atomic E-state index is 0.367. The zero-order valence-corrected chi connectivity index (χ0v) is 10.5. The fourth-order valence-electron chi connectivity index (χ4n) is 2.35. The molecule has 0 radical (unpaired) electrons. The van der Waals surface area contributed by atoms with Gasteiger partial charge in [-0.25, -0.2) is 4.99 Å². The predicted molar refractivity (Wildman–Crippen MR) is 65.9 cm³/mol. The van der Waals surface area contributed by atoms with Gasteiger partial charge >= 0.3 is 0 Å². The van der Waals surface area contributed by atoms with Crippen LogP contribution in [0, 0.1) is 11.8 Å². The lowest BCUT2D eigenvalue weighted by Gasteiger charge is -2.30. The lowest BCUT2D eigenvalue weighted by atomic mass is 9.80. The molecular weight excluding hydrogens is 186 g/mol. The second-order valence-corrected chi connectivity index (χ2v) is 5.28. The molecule has 0 heterocycles. The highest BCUT2D eigenvalue weighted by Crippen LogP contribution is 2.30. The highest BCUT2D eigenvalue weighted by atomic mass is 15.1. The molecule has 0 aromatic rings. The van der Waals surface area contributed by atoms with E-state index in [0.717, 1.165) is 5.92 Å². The van der Waals surface area contributed by atoms with Crippen LogP contribution in [-0.4, -0.2) is 18.0 Å². The van der Waals surface area contributed by atoms with E-state index in [9.17, 15) is 0 Å². The van der Waals surface area contributed by atoms with Crippen molar-refractivity contribution in [2.45, 2.75) is 59.0 Å². The van der Waals surface area contributed by atoms with Gasteiger partial charge in [-0.15, -0.1) is 0 Å². The van der Waals surface area contributed by atoms with Gasteiger partial charge in [0, 0.05) is 6.04 Å². The van der Waals surface area contributed by atoms with Crippen molar-refractivity contribution in [1.82, 2.24) is 5.32 Å². The van der Waals surface area contributed by atoms with Crippen molar-refractivity contribution in [3.63, 3.8) is 0 Å². The Morgan fingerprint density at radius 1 is 1.33 bits per heavy atom. The van der Waals surface area contributed by atoms with Crippen LogP contribution >= 0.6 is 0 Å². The fourth-order valence-corrected chi connectivity index (χ4v) is 2.35. The zero-order valence-electron chi connectivity index (χ0n) is 10.5. The van der Waals surface area contributed by atoms with E-state index in [4.69, 9.17) is 5.73 Å². The van der Waals surface area contributed by atoms with E-state index < -0.39 is 0 Å². The molecule has 3 nitrogen and oxygen atoms in total. The van der Waals surface area contributed by atoms with Gasteiger partial charge in [0.25, 0.3) is 0 Å². The molecule has 0 saturated heterocycles. The Balaban J connectivity index is 2.49. The molecule has 3 N–H and O–H groups in total. The molecule has 0 aromatic heterocycles.